The van der Waals surface area contributed by atoms with Gasteiger partial charge in [-0.1, -0.05) is 13.8 Å². The fourth-order valence-corrected chi connectivity index (χ4v) is 2.21. The molecule has 1 aliphatic rings. The largest absolute Gasteiger partial charge is 0.330 e. The first-order chi connectivity index (χ1) is 5.11. The van der Waals surface area contributed by atoms with E-state index in [0.29, 0.717) is 18.2 Å². The van der Waals surface area contributed by atoms with Crippen molar-refractivity contribution >= 4 is 16.7 Å². The number of carbonyl (C=O) groups excluding carboxylic acids is 1. The van der Waals surface area contributed by atoms with Crippen molar-refractivity contribution in [3.63, 3.8) is 0 Å². The fraction of sp³-hybridized carbons (Fsp3) is 0.857. The van der Waals surface area contributed by atoms with E-state index in [9.17, 15) is 9.00 Å². The van der Waals surface area contributed by atoms with Crippen LogP contribution < -0.4 is 0 Å². The van der Waals surface area contributed by atoms with Crippen LogP contribution in [0.1, 0.15) is 13.8 Å². The van der Waals surface area contributed by atoms with Crippen LogP contribution in [-0.4, -0.2) is 33.2 Å². The Balaban J connectivity index is 2.50. The highest BCUT2D eigenvalue weighted by atomic mass is 32.2. The van der Waals surface area contributed by atoms with Crippen molar-refractivity contribution in [1.29, 1.82) is 0 Å². The van der Waals surface area contributed by atoms with E-state index in [-0.39, 0.29) is 11.8 Å². The summed E-state index contributed by atoms with van der Waals surface area (Å²) in [6, 6.07) is 0. The second-order valence-corrected chi connectivity index (χ2v) is 4.58. The molecular weight excluding hydrogens is 162 g/mol. The van der Waals surface area contributed by atoms with Gasteiger partial charge in [-0.3, -0.25) is 9.00 Å². The van der Waals surface area contributed by atoms with E-state index in [1.54, 1.807) is 4.90 Å². The van der Waals surface area contributed by atoms with E-state index in [1.165, 1.54) is 0 Å². The van der Waals surface area contributed by atoms with Gasteiger partial charge in [-0.25, -0.2) is 0 Å². The molecule has 0 spiro atoms. The molecule has 0 bridgehead atoms. The number of rotatable bonds is 1. The maximum atomic E-state index is 11.3. The Morgan fingerprint density at radius 1 is 1.55 bits per heavy atom. The van der Waals surface area contributed by atoms with E-state index >= 15 is 0 Å². The van der Waals surface area contributed by atoms with Crippen LogP contribution in [0, 0.1) is 5.92 Å². The predicted octanol–water partition coefficient (Wildman–Crippen LogP) is 0.191. The van der Waals surface area contributed by atoms with E-state index in [0.717, 1.165) is 0 Å². The Bertz CT molecular complexity index is 191. The fourth-order valence-electron chi connectivity index (χ4n) is 1.05. The lowest BCUT2D eigenvalue weighted by molar-refractivity contribution is -0.132. The van der Waals surface area contributed by atoms with Crippen molar-refractivity contribution in [2.24, 2.45) is 5.92 Å². The molecule has 11 heavy (non-hydrogen) atoms. The van der Waals surface area contributed by atoms with Crippen molar-refractivity contribution in [3.8, 4) is 0 Å². The molecule has 0 aromatic heterocycles. The first-order valence-corrected chi connectivity index (χ1v) is 5.24. The molecule has 1 aliphatic heterocycles. The molecule has 1 saturated heterocycles. The molecule has 0 aromatic carbocycles. The van der Waals surface area contributed by atoms with Gasteiger partial charge in [-0.05, 0) is 0 Å². The maximum Gasteiger partial charge on any atom is 0.225 e. The molecule has 1 rings (SSSR count). The molecular formula is C7H13NO2S. The topological polar surface area (TPSA) is 37.4 Å². The molecule has 0 radical (unpaired) electrons. The zero-order valence-electron chi connectivity index (χ0n) is 6.87. The molecule has 0 aliphatic carbocycles. The maximum absolute atomic E-state index is 11.3. The van der Waals surface area contributed by atoms with Crippen molar-refractivity contribution in [2.45, 2.75) is 13.8 Å². The molecule has 1 heterocycles. The minimum Gasteiger partial charge on any atom is -0.330 e. The highest BCUT2D eigenvalue weighted by molar-refractivity contribution is 7.85. The lowest BCUT2D eigenvalue weighted by Gasteiger charge is -2.15. The van der Waals surface area contributed by atoms with Crippen LogP contribution in [0.25, 0.3) is 0 Å². The lowest BCUT2D eigenvalue weighted by Crippen LogP contribution is -2.31. The lowest BCUT2D eigenvalue weighted by atomic mass is 10.2. The quantitative estimate of drug-likeness (QED) is 0.570. The average Bonchev–Trinajstić information content (AvgIpc) is 2.34. The third-order valence-electron chi connectivity index (χ3n) is 1.69. The van der Waals surface area contributed by atoms with Crippen molar-refractivity contribution in [3.05, 3.63) is 0 Å². The average molecular weight is 175 g/mol. The van der Waals surface area contributed by atoms with Crippen molar-refractivity contribution in [2.75, 3.05) is 18.2 Å². The van der Waals surface area contributed by atoms with Gasteiger partial charge < -0.3 is 4.90 Å². The van der Waals surface area contributed by atoms with Crippen molar-refractivity contribution in [1.82, 2.24) is 4.90 Å². The summed E-state index contributed by atoms with van der Waals surface area (Å²) in [7, 11) is -0.785. The van der Waals surface area contributed by atoms with Gasteiger partial charge in [0.15, 0.2) is 0 Å². The molecule has 0 N–H and O–H groups in total. The van der Waals surface area contributed by atoms with E-state index in [4.69, 9.17) is 0 Å². The van der Waals surface area contributed by atoms with Crippen LogP contribution in [0.15, 0.2) is 0 Å². The Morgan fingerprint density at radius 2 is 2.18 bits per heavy atom. The predicted molar refractivity (Wildman–Crippen MR) is 44.4 cm³/mol. The highest BCUT2D eigenvalue weighted by Crippen LogP contribution is 2.07. The van der Waals surface area contributed by atoms with Gasteiger partial charge in [0.05, 0.1) is 5.88 Å². The molecule has 3 nitrogen and oxygen atoms in total. The molecule has 0 aromatic rings. The summed E-state index contributed by atoms with van der Waals surface area (Å²) in [5, 5.41) is 0. The molecule has 1 fully saturated rings. The Hall–Kier alpha value is -0.380. The Labute approximate surface area is 69.2 Å². The molecule has 64 valence electrons. The third kappa shape index (κ3) is 2.02. The number of nitrogens with zero attached hydrogens (tertiary/aromatic N) is 1. The molecule has 1 atom stereocenters. The van der Waals surface area contributed by atoms with Crippen LogP contribution >= 0.6 is 0 Å². The van der Waals surface area contributed by atoms with Crippen molar-refractivity contribution < 1.29 is 9.00 Å². The standard InChI is InChI=1S/C7H13NO2S/c1-6(2)7(9)8-3-4-11(10)5-8/h6H,3-5H2,1-2H3. The first-order valence-electron chi connectivity index (χ1n) is 3.75. The molecule has 0 saturated carbocycles. The van der Waals surface area contributed by atoms with Crippen LogP contribution in [-0.2, 0) is 15.6 Å². The third-order valence-corrected chi connectivity index (χ3v) is 2.93. The van der Waals surface area contributed by atoms with Gasteiger partial charge in [-0.15, -0.1) is 0 Å². The van der Waals surface area contributed by atoms with Gasteiger partial charge in [0.1, 0.15) is 0 Å². The van der Waals surface area contributed by atoms with Crippen LogP contribution in [0.3, 0.4) is 0 Å². The second-order valence-electron chi connectivity index (χ2n) is 3.03. The van der Waals surface area contributed by atoms with Gasteiger partial charge >= 0.3 is 0 Å². The molecule has 1 unspecified atom stereocenters. The van der Waals surface area contributed by atoms with Gasteiger partial charge in [0.25, 0.3) is 0 Å². The van der Waals surface area contributed by atoms with Crippen LogP contribution in [0.5, 0.6) is 0 Å². The van der Waals surface area contributed by atoms with Crippen LogP contribution in [0.2, 0.25) is 0 Å². The summed E-state index contributed by atoms with van der Waals surface area (Å²) in [5.74, 6) is 1.25. The number of hydrogen-bond acceptors (Lipinski definition) is 2. The zero-order valence-corrected chi connectivity index (χ0v) is 7.69. The Kier molecular flexibility index (Phi) is 2.65. The number of hydrogen-bond donors (Lipinski definition) is 0. The summed E-state index contributed by atoms with van der Waals surface area (Å²) in [6.45, 7) is 4.40. The molecule has 4 heteroatoms. The summed E-state index contributed by atoms with van der Waals surface area (Å²) in [5.41, 5.74) is 0. The second kappa shape index (κ2) is 3.34. The summed E-state index contributed by atoms with van der Waals surface area (Å²) < 4.78 is 10.9. The normalized spacial score (nSPS) is 24.6. The van der Waals surface area contributed by atoms with Crippen LogP contribution in [0.4, 0.5) is 0 Å². The minimum atomic E-state index is -0.785. The van der Waals surface area contributed by atoms with Gasteiger partial charge in [-0.2, -0.15) is 0 Å². The summed E-state index contributed by atoms with van der Waals surface area (Å²) in [4.78, 5) is 13.0. The monoisotopic (exact) mass is 175 g/mol. The summed E-state index contributed by atoms with van der Waals surface area (Å²) >= 11 is 0. The Morgan fingerprint density at radius 3 is 2.55 bits per heavy atom. The minimum absolute atomic E-state index is 0.0325. The summed E-state index contributed by atoms with van der Waals surface area (Å²) in [6.07, 6.45) is 0. The van der Waals surface area contributed by atoms with E-state index in [1.807, 2.05) is 13.8 Å². The van der Waals surface area contributed by atoms with E-state index in [2.05, 4.69) is 0 Å². The van der Waals surface area contributed by atoms with Gasteiger partial charge in [0.2, 0.25) is 5.91 Å². The number of amides is 1. The number of carbonyl (C=O) groups is 1. The molecule has 1 amide bonds. The highest BCUT2D eigenvalue weighted by Gasteiger charge is 2.24. The smallest absolute Gasteiger partial charge is 0.225 e. The van der Waals surface area contributed by atoms with E-state index < -0.39 is 10.8 Å². The zero-order chi connectivity index (χ0) is 8.43. The van der Waals surface area contributed by atoms with Gasteiger partial charge in [0, 0.05) is 29.0 Å². The first kappa shape index (κ1) is 8.71. The SMILES string of the molecule is CC(C)C(=O)N1CCS(=O)C1.